The van der Waals surface area contributed by atoms with Crippen LogP contribution in [0.25, 0.3) is 0 Å². The summed E-state index contributed by atoms with van der Waals surface area (Å²) in [6.45, 7) is 4.18. The summed E-state index contributed by atoms with van der Waals surface area (Å²) in [5, 5.41) is 5.61. The molecule has 2 rings (SSSR count). The van der Waals surface area contributed by atoms with Gasteiger partial charge in [0.25, 0.3) is 5.91 Å². The van der Waals surface area contributed by atoms with Gasteiger partial charge in [-0.2, -0.15) is 0 Å². The smallest absolute Gasteiger partial charge is 0.251 e. The van der Waals surface area contributed by atoms with Gasteiger partial charge in [0.05, 0.1) is 12.1 Å². The minimum Gasteiger partial charge on any atom is -0.376 e. The van der Waals surface area contributed by atoms with Crippen LogP contribution in [-0.2, 0) is 9.53 Å². The number of ether oxygens (including phenoxy) is 1. The van der Waals surface area contributed by atoms with Crippen molar-refractivity contribution >= 4 is 17.5 Å². The van der Waals surface area contributed by atoms with E-state index in [0.717, 1.165) is 19.4 Å². The number of anilines is 1. The summed E-state index contributed by atoms with van der Waals surface area (Å²) in [4.78, 5) is 23.0. The van der Waals surface area contributed by atoms with Crippen molar-refractivity contribution in [2.45, 2.75) is 38.8 Å². The van der Waals surface area contributed by atoms with Gasteiger partial charge in [0.2, 0.25) is 5.91 Å². The molecule has 0 radical (unpaired) electrons. The van der Waals surface area contributed by atoms with E-state index in [1.165, 1.54) is 6.92 Å². The van der Waals surface area contributed by atoms with E-state index in [2.05, 4.69) is 10.6 Å². The third-order valence-electron chi connectivity index (χ3n) is 3.35. The Labute approximate surface area is 118 Å². The molecule has 1 fully saturated rings. The molecular weight excluding hydrogens is 256 g/mol. The van der Waals surface area contributed by atoms with Crippen molar-refractivity contribution in [2.75, 3.05) is 11.9 Å². The van der Waals surface area contributed by atoms with Crippen LogP contribution in [0.3, 0.4) is 0 Å². The zero-order valence-electron chi connectivity index (χ0n) is 11.8. The van der Waals surface area contributed by atoms with Crippen LogP contribution in [0.4, 0.5) is 5.69 Å². The van der Waals surface area contributed by atoms with Gasteiger partial charge < -0.3 is 15.4 Å². The maximum Gasteiger partial charge on any atom is 0.251 e. The van der Waals surface area contributed by atoms with E-state index in [9.17, 15) is 9.59 Å². The molecular formula is C15H20N2O3. The molecule has 20 heavy (non-hydrogen) atoms. The van der Waals surface area contributed by atoms with Crippen LogP contribution >= 0.6 is 0 Å². The van der Waals surface area contributed by atoms with Gasteiger partial charge in [-0.3, -0.25) is 9.59 Å². The second-order valence-corrected chi connectivity index (χ2v) is 5.07. The van der Waals surface area contributed by atoms with Crippen LogP contribution in [0.15, 0.2) is 24.3 Å². The van der Waals surface area contributed by atoms with E-state index < -0.39 is 0 Å². The Bertz CT molecular complexity index is 478. The Kier molecular flexibility index (Phi) is 4.74. The average molecular weight is 276 g/mol. The molecule has 0 bridgehead atoms. The van der Waals surface area contributed by atoms with Crippen molar-refractivity contribution in [3.63, 3.8) is 0 Å². The Morgan fingerprint density at radius 3 is 2.55 bits per heavy atom. The van der Waals surface area contributed by atoms with Gasteiger partial charge in [-0.15, -0.1) is 0 Å². The van der Waals surface area contributed by atoms with Crippen LogP contribution in [0, 0.1) is 0 Å². The summed E-state index contributed by atoms with van der Waals surface area (Å²) in [6, 6.07) is 6.83. The average Bonchev–Trinajstić information content (AvgIpc) is 2.92. The first kappa shape index (κ1) is 14.5. The molecule has 0 aliphatic carbocycles. The number of benzene rings is 1. The van der Waals surface area contributed by atoms with Crippen LogP contribution in [-0.4, -0.2) is 30.6 Å². The Balaban J connectivity index is 1.93. The molecule has 5 heteroatoms. The molecule has 0 saturated carbocycles. The summed E-state index contributed by atoms with van der Waals surface area (Å²) < 4.78 is 5.55. The molecule has 2 N–H and O–H groups in total. The molecule has 2 atom stereocenters. The summed E-state index contributed by atoms with van der Waals surface area (Å²) in [5.41, 5.74) is 1.25. The lowest BCUT2D eigenvalue weighted by Crippen LogP contribution is -2.40. The van der Waals surface area contributed by atoms with Crippen molar-refractivity contribution in [3.8, 4) is 0 Å². The van der Waals surface area contributed by atoms with Crippen molar-refractivity contribution in [1.82, 2.24) is 5.32 Å². The minimum atomic E-state index is -0.130. The van der Waals surface area contributed by atoms with E-state index >= 15 is 0 Å². The second kappa shape index (κ2) is 6.52. The zero-order valence-corrected chi connectivity index (χ0v) is 11.8. The van der Waals surface area contributed by atoms with Crippen molar-refractivity contribution in [1.29, 1.82) is 0 Å². The number of rotatable bonds is 4. The first-order valence-electron chi connectivity index (χ1n) is 6.86. The zero-order chi connectivity index (χ0) is 14.5. The van der Waals surface area contributed by atoms with Gasteiger partial charge in [-0.05, 0) is 44.0 Å². The standard InChI is InChI=1S/C15H20N2O3/c1-10(14-4-3-9-20-14)16-15(19)12-5-7-13(8-6-12)17-11(2)18/h5-8,10,14H,3-4,9H2,1-2H3,(H,16,19)(H,17,18)/t10-,14-/m0/s1. The summed E-state index contributed by atoms with van der Waals surface area (Å²) in [5.74, 6) is -0.253. The highest BCUT2D eigenvalue weighted by atomic mass is 16.5. The topological polar surface area (TPSA) is 67.4 Å². The molecule has 2 amide bonds. The summed E-state index contributed by atoms with van der Waals surface area (Å²) >= 11 is 0. The van der Waals surface area contributed by atoms with Crippen LogP contribution < -0.4 is 10.6 Å². The molecule has 0 spiro atoms. The predicted octanol–water partition coefficient (Wildman–Crippen LogP) is 1.94. The molecule has 1 saturated heterocycles. The third kappa shape index (κ3) is 3.81. The van der Waals surface area contributed by atoms with E-state index in [4.69, 9.17) is 4.74 Å². The molecule has 5 nitrogen and oxygen atoms in total. The molecule has 1 heterocycles. The maximum atomic E-state index is 12.1. The van der Waals surface area contributed by atoms with Crippen molar-refractivity contribution in [2.24, 2.45) is 0 Å². The first-order chi connectivity index (χ1) is 9.56. The fourth-order valence-corrected chi connectivity index (χ4v) is 2.29. The van der Waals surface area contributed by atoms with Gasteiger partial charge in [0, 0.05) is 24.8 Å². The van der Waals surface area contributed by atoms with Gasteiger partial charge in [-0.1, -0.05) is 0 Å². The number of carbonyl (C=O) groups excluding carboxylic acids is 2. The van der Waals surface area contributed by atoms with Gasteiger partial charge in [-0.25, -0.2) is 0 Å². The molecule has 0 unspecified atom stereocenters. The largest absolute Gasteiger partial charge is 0.376 e. The molecule has 1 aromatic rings. The predicted molar refractivity (Wildman–Crippen MR) is 76.6 cm³/mol. The highest BCUT2D eigenvalue weighted by Gasteiger charge is 2.23. The van der Waals surface area contributed by atoms with Gasteiger partial charge in [0.1, 0.15) is 0 Å². The summed E-state index contributed by atoms with van der Waals surface area (Å²) in [6.07, 6.45) is 2.15. The molecule has 1 aliphatic heterocycles. The summed E-state index contributed by atoms with van der Waals surface area (Å²) in [7, 11) is 0. The monoisotopic (exact) mass is 276 g/mol. The normalized spacial score (nSPS) is 19.4. The lowest BCUT2D eigenvalue weighted by molar-refractivity contribution is -0.114. The minimum absolute atomic E-state index is 0.0000196. The van der Waals surface area contributed by atoms with E-state index in [1.54, 1.807) is 24.3 Å². The highest BCUT2D eigenvalue weighted by Crippen LogP contribution is 2.16. The quantitative estimate of drug-likeness (QED) is 0.883. The van der Waals surface area contributed by atoms with Crippen molar-refractivity contribution < 1.29 is 14.3 Å². The van der Waals surface area contributed by atoms with Crippen molar-refractivity contribution in [3.05, 3.63) is 29.8 Å². The molecule has 1 aromatic carbocycles. The fraction of sp³-hybridized carbons (Fsp3) is 0.467. The number of hydrogen-bond acceptors (Lipinski definition) is 3. The van der Waals surface area contributed by atoms with Crippen LogP contribution in [0.2, 0.25) is 0 Å². The Morgan fingerprint density at radius 2 is 2.00 bits per heavy atom. The molecule has 108 valence electrons. The number of amides is 2. The lowest BCUT2D eigenvalue weighted by Gasteiger charge is -2.20. The Morgan fingerprint density at radius 1 is 1.30 bits per heavy atom. The van der Waals surface area contributed by atoms with E-state index in [0.29, 0.717) is 11.3 Å². The lowest BCUT2D eigenvalue weighted by atomic mass is 10.1. The van der Waals surface area contributed by atoms with Gasteiger partial charge in [0.15, 0.2) is 0 Å². The fourth-order valence-electron chi connectivity index (χ4n) is 2.29. The van der Waals surface area contributed by atoms with Gasteiger partial charge >= 0.3 is 0 Å². The Hall–Kier alpha value is -1.88. The first-order valence-corrected chi connectivity index (χ1v) is 6.86. The van der Waals surface area contributed by atoms with Crippen LogP contribution in [0.1, 0.15) is 37.0 Å². The number of hydrogen-bond donors (Lipinski definition) is 2. The molecule has 1 aliphatic rings. The number of carbonyl (C=O) groups is 2. The maximum absolute atomic E-state index is 12.1. The highest BCUT2D eigenvalue weighted by molar-refractivity contribution is 5.95. The molecule has 0 aromatic heterocycles. The van der Waals surface area contributed by atoms with Crippen LogP contribution in [0.5, 0.6) is 0 Å². The SMILES string of the molecule is CC(=O)Nc1ccc(C(=O)N[C@@H](C)[C@@H]2CCCO2)cc1. The van der Waals surface area contributed by atoms with E-state index in [1.807, 2.05) is 6.92 Å². The third-order valence-corrected chi connectivity index (χ3v) is 3.35. The second-order valence-electron chi connectivity index (χ2n) is 5.07. The number of nitrogens with one attached hydrogen (secondary N) is 2. The van der Waals surface area contributed by atoms with E-state index in [-0.39, 0.29) is 24.0 Å².